The summed E-state index contributed by atoms with van der Waals surface area (Å²) in [6.45, 7) is 9.40. The lowest BCUT2D eigenvalue weighted by molar-refractivity contribution is 0.212. The van der Waals surface area contributed by atoms with Gasteiger partial charge < -0.3 is 0 Å². The lowest BCUT2D eigenvalue weighted by Crippen LogP contribution is -2.26. The van der Waals surface area contributed by atoms with Gasteiger partial charge in [-0.2, -0.15) is 0 Å². The summed E-state index contributed by atoms with van der Waals surface area (Å²) in [5, 5.41) is 0. The van der Waals surface area contributed by atoms with Crippen LogP contribution < -0.4 is 0 Å². The molecule has 0 radical (unpaired) electrons. The molecule has 0 saturated heterocycles. The Hall–Kier alpha value is 0.480. The Morgan fingerprint density at radius 1 is 0.857 bits per heavy atom. The van der Waals surface area contributed by atoms with Crippen molar-refractivity contribution < 1.29 is 0 Å². The lowest BCUT2D eigenvalue weighted by atomic mass is 9.75. The van der Waals surface area contributed by atoms with Gasteiger partial charge in [0.25, 0.3) is 0 Å². The first-order chi connectivity index (χ1) is 6.52. The number of hydrogen-bond acceptors (Lipinski definition) is 0. The molecule has 0 aromatic heterocycles. The topological polar surface area (TPSA) is 0 Å². The first kappa shape index (κ1) is 12.5. The van der Waals surface area contributed by atoms with E-state index >= 15 is 0 Å². The molecule has 1 atom stereocenters. The summed E-state index contributed by atoms with van der Waals surface area (Å²) in [5.74, 6) is 3.61. The maximum atomic E-state index is 3.86. The van der Waals surface area contributed by atoms with Crippen LogP contribution in [0.15, 0.2) is 0 Å². The van der Waals surface area contributed by atoms with Gasteiger partial charge in [0, 0.05) is 4.83 Å². The molecular formula is C13H25Br. The third-order valence-corrected chi connectivity index (χ3v) is 5.65. The van der Waals surface area contributed by atoms with Gasteiger partial charge in [-0.1, -0.05) is 43.6 Å². The predicted molar refractivity (Wildman–Crippen MR) is 67.8 cm³/mol. The Morgan fingerprint density at radius 3 is 1.64 bits per heavy atom. The summed E-state index contributed by atoms with van der Waals surface area (Å²) in [6.07, 6.45) is 5.79. The molecule has 0 aliphatic heterocycles. The third-order valence-electron chi connectivity index (χ3n) is 3.85. The molecule has 0 nitrogen and oxygen atoms in total. The largest absolute Gasteiger partial charge is 0.0885 e. The quantitative estimate of drug-likeness (QED) is 0.636. The van der Waals surface area contributed by atoms with Crippen LogP contribution in [0.25, 0.3) is 0 Å². The SMILES string of the molecule is CC(C)C1CCC(C(Br)C(C)C)CC1. The predicted octanol–water partition coefficient (Wildman–Crippen LogP) is 4.87. The molecule has 0 spiro atoms. The van der Waals surface area contributed by atoms with E-state index in [1.165, 1.54) is 25.7 Å². The molecule has 84 valence electrons. The van der Waals surface area contributed by atoms with E-state index in [1.807, 2.05) is 0 Å². The average molecular weight is 261 g/mol. The Kier molecular flexibility index (Phi) is 4.96. The van der Waals surface area contributed by atoms with Crippen molar-refractivity contribution in [3.63, 3.8) is 0 Å². The van der Waals surface area contributed by atoms with E-state index in [2.05, 4.69) is 43.6 Å². The van der Waals surface area contributed by atoms with Crippen LogP contribution in [0.2, 0.25) is 0 Å². The van der Waals surface area contributed by atoms with Gasteiger partial charge in [0.2, 0.25) is 0 Å². The molecule has 0 aromatic rings. The summed E-state index contributed by atoms with van der Waals surface area (Å²) in [5.41, 5.74) is 0. The zero-order valence-corrected chi connectivity index (χ0v) is 11.7. The summed E-state index contributed by atoms with van der Waals surface area (Å²) in [4.78, 5) is 0.746. The van der Waals surface area contributed by atoms with Crippen LogP contribution in [0.5, 0.6) is 0 Å². The molecule has 1 heteroatoms. The van der Waals surface area contributed by atoms with E-state index in [9.17, 15) is 0 Å². The van der Waals surface area contributed by atoms with Gasteiger partial charge in [-0.3, -0.25) is 0 Å². The standard InChI is InChI=1S/C13H25Br/c1-9(2)11-5-7-12(8-6-11)13(14)10(3)4/h9-13H,5-8H2,1-4H3. The molecule has 0 N–H and O–H groups in total. The second-order valence-electron chi connectivity index (χ2n) is 5.61. The highest BCUT2D eigenvalue weighted by atomic mass is 79.9. The van der Waals surface area contributed by atoms with Gasteiger partial charge in [0.05, 0.1) is 0 Å². The first-order valence-corrected chi connectivity index (χ1v) is 7.08. The molecule has 1 aliphatic carbocycles. The highest BCUT2D eigenvalue weighted by Crippen LogP contribution is 2.38. The molecule has 1 unspecified atom stereocenters. The zero-order chi connectivity index (χ0) is 10.7. The Balaban J connectivity index is 2.35. The monoisotopic (exact) mass is 260 g/mol. The molecule has 1 saturated carbocycles. The van der Waals surface area contributed by atoms with Crippen molar-refractivity contribution in [2.75, 3.05) is 0 Å². The van der Waals surface area contributed by atoms with Crippen molar-refractivity contribution in [1.29, 1.82) is 0 Å². The van der Waals surface area contributed by atoms with Gasteiger partial charge in [-0.05, 0) is 49.4 Å². The van der Waals surface area contributed by atoms with E-state index in [1.54, 1.807) is 0 Å². The summed E-state index contributed by atoms with van der Waals surface area (Å²) < 4.78 is 0. The zero-order valence-electron chi connectivity index (χ0n) is 10.1. The van der Waals surface area contributed by atoms with Crippen molar-refractivity contribution in [3.05, 3.63) is 0 Å². The number of halogens is 1. The highest BCUT2D eigenvalue weighted by molar-refractivity contribution is 9.09. The normalized spacial score (nSPS) is 31.1. The van der Waals surface area contributed by atoms with Crippen molar-refractivity contribution in [2.45, 2.75) is 58.2 Å². The fourth-order valence-electron chi connectivity index (χ4n) is 2.67. The number of hydrogen-bond donors (Lipinski definition) is 0. The molecule has 14 heavy (non-hydrogen) atoms. The van der Waals surface area contributed by atoms with E-state index in [-0.39, 0.29) is 0 Å². The Morgan fingerprint density at radius 2 is 1.29 bits per heavy atom. The highest BCUT2D eigenvalue weighted by Gasteiger charge is 2.28. The fraction of sp³-hybridized carbons (Fsp3) is 1.00. The molecule has 0 heterocycles. The van der Waals surface area contributed by atoms with Gasteiger partial charge in [0.15, 0.2) is 0 Å². The van der Waals surface area contributed by atoms with Crippen LogP contribution in [0.3, 0.4) is 0 Å². The van der Waals surface area contributed by atoms with Gasteiger partial charge in [-0.15, -0.1) is 0 Å². The summed E-state index contributed by atoms with van der Waals surface area (Å²) in [6, 6.07) is 0. The lowest BCUT2D eigenvalue weighted by Gasteiger charge is -2.34. The number of rotatable bonds is 3. The van der Waals surface area contributed by atoms with Gasteiger partial charge in [0.1, 0.15) is 0 Å². The molecule has 1 rings (SSSR count). The van der Waals surface area contributed by atoms with Crippen LogP contribution >= 0.6 is 15.9 Å². The minimum atomic E-state index is 0.746. The van der Waals surface area contributed by atoms with Crippen LogP contribution in [-0.4, -0.2) is 4.83 Å². The molecule has 0 bridgehead atoms. The summed E-state index contributed by atoms with van der Waals surface area (Å²) in [7, 11) is 0. The minimum Gasteiger partial charge on any atom is -0.0885 e. The minimum absolute atomic E-state index is 0.746. The Bertz CT molecular complexity index is 155. The third kappa shape index (κ3) is 3.25. The van der Waals surface area contributed by atoms with Crippen LogP contribution in [0, 0.1) is 23.7 Å². The molecule has 1 fully saturated rings. The second kappa shape index (κ2) is 5.53. The van der Waals surface area contributed by atoms with Gasteiger partial charge in [-0.25, -0.2) is 0 Å². The fourth-order valence-corrected chi connectivity index (χ4v) is 3.20. The van der Waals surface area contributed by atoms with Gasteiger partial charge >= 0.3 is 0 Å². The van der Waals surface area contributed by atoms with E-state index in [0.717, 1.165) is 28.5 Å². The van der Waals surface area contributed by atoms with Crippen molar-refractivity contribution in [1.82, 2.24) is 0 Å². The maximum absolute atomic E-state index is 3.86. The maximum Gasteiger partial charge on any atom is 0.0197 e. The summed E-state index contributed by atoms with van der Waals surface area (Å²) >= 11 is 3.86. The Labute approximate surface area is 98.0 Å². The average Bonchev–Trinajstić information content (AvgIpc) is 2.16. The van der Waals surface area contributed by atoms with Crippen molar-refractivity contribution >= 4 is 15.9 Å². The van der Waals surface area contributed by atoms with Crippen molar-refractivity contribution in [2.24, 2.45) is 23.7 Å². The molecule has 1 aliphatic rings. The molecular weight excluding hydrogens is 236 g/mol. The molecule has 0 amide bonds. The van der Waals surface area contributed by atoms with E-state index < -0.39 is 0 Å². The van der Waals surface area contributed by atoms with E-state index in [0.29, 0.717) is 0 Å². The van der Waals surface area contributed by atoms with Crippen LogP contribution in [0.1, 0.15) is 53.4 Å². The number of alkyl halides is 1. The van der Waals surface area contributed by atoms with Crippen molar-refractivity contribution in [3.8, 4) is 0 Å². The smallest absolute Gasteiger partial charge is 0.0197 e. The van der Waals surface area contributed by atoms with Crippen LogP contribution in [-0.2, 0) is 0 Å². The van der Waals surface area contributed by atoms with Crippen LogP contribution in [0.4, 0.5) is 0 Å². The molecule has 0 aromatic carbocycles. The van der Waals surface area contributed by atoms with E-state index in [4.69, 9.17) is 0 Å². The second-order valence-corrected chi connectivity index (χ2v) is 6.66. The first-order valence-electron chi connectivity index (χ1n) is 6.16.